The molecule has 7 heteroatoms. The second-order valence-corrected chi connectivity index (χ2v) is 44.3. The first kappa shape index (κ1) is 101. The van der Waals surface area contributed by atoms with E-state index in [0.717, 1.165) is 65.1 Å². The van der Waals surface area contributed by atoms with E-state index in [1.807, 2.05) is 0 Å². The standard InChI is InChI=1S/C140H163N7/c1-8-15-22-29-36-47-82-141-127-56-45-43-54-113(127)115-70-58-101(89-129(115)141)103-60-72-117-119-74-62-105(93-133(119)143(131(117)91-103)84-49-38-31-24-17-10-3)107-64-76-121-123-78-66-109(97-137(123)145(135(121)95-107)86-51-40-33-26-19-12-5)111-68-80-125-126-81-69-112(100-140(126)147(139(125)99-111)88-53-42-35-28-21-14-7)110-67-79-124-122-77-65-108(96-136(122)146(138(124)98-110)87-52-41-34-27-20-13-6)106-63-75-120-118-73-61-104(92-132(118)144(134(120)94-106)85-50-39-32-25-18-11-4)102-59-71-116-114-55-44-46-57-128(114)142(130(116)90-102)83-48-37-30-23-16-9-2/h43-46,54-81,89-100H,8-42,47-53,82-88H2,1-7H3. The number of aromatic nitrogens is 7. The molecule has 0 radical (unpaired) electrons. The lowest BCUT2D eigenvalue weighted by Crippen LogP contribution is -1.99. The van der Waals surface area contributed by atoms with Crippen LogP contribution in [0.15, 0.2) is 267 Å². The van der Waals surface area contributed by atoms with E-state index in [4.69, 9.17) is 0 Å². The summed E-state index contributed by atoms with van der Waals surface area (Å²) < 4.78 is 18.8. The van der Waals surface area contributed by atoms with E-state index in [1.165, 1.54) is 470 Å². The zero-order valence-electron chi connectivity index (χ0n) is 90.2. The van der Waals surface area contributed by atoms with E-state index >= 15 is 0 Å². The first-order valence-corrected chi connectivity index (χ1v) is 59.1. The Morgan fingerprint density at radius 2 is 0.218 bits per heavy atom. The predicted molar refractivity (Wildman–Crippen MR) is 644 cm³/mol. The molecule has 14 aromatic carbocycles. The third-order valence-electron chi connectivity index (χ3n) is 34.0. The van der Waals surface area contributed by atoms with Crippen LogP contribution in [0.25, 0.3) is 219 Å². The number of unbranched alkanes of at least 4 members (excludes halogenated alkanes) is 35. The van der Waals surface area contributed by atoms with Crippen LogP contribution in [-0.2, 0) is 45.8 Å². The average molecular weight is 1940 g/mol. The third kappa shape index (κ3) is 21.3. The topological polar surface area (TPSA) is 34.5 Å². The van der Waals surface area contributed by atoms with Crippen molar-refractivity contribution in [3.05, 3.63) is 267 Å². The maximum absolute atomic E-state index is 2.73. The third-order valence-corrected chi connectivity index (χ3v) is 34.0. The fourth-order valence-electron chi connectivity index (χ4n) is 25.8. The summed E-state index contributed by atoms with van der Waals surface area (Å²) in [6.07, 6.45) is 53.4. The molecule has 21 aromatic rings. The minimum atomic E-state index is 0.986. The molecule has 0 unspecified atom stereocenters. The summed E-state index contributed by atoms with van der Waals surface area (Å²) in [4.78, 5) is 0. The normalized spacial score (nSPS) is 12.3. The van der Waals surface area contributed by atoms with Gasteiger partial charge in [0.1, 0.15) is 0 Å². The summed E-state index contributed by atoms with van der Waals surface area (Å²) in [5.41, 5.74) is 34.3. The monoisotopic (exact) mass is 1940 g/mol. The summed E-state index contributed by atoms with van der Waals surface area (Å²) in [6, 6.07) is 107. The van der Waals surface area contributed by atoms with Crippen molar-refractivity contribution < 1.29 is 0 Å². The molecular weight excluding hydrogens is 1780 g/mol. The van der Waals surface area contributed by atoms with Crippen molar-refractivity contribution in [1.29, 1.82) is 0 Å². The Morgan fingerprint density at radius 1 is 0.109 bits per heavy atom. The molecule has 0 fully saturated rings. The van der Waals surface area contributed by atoms with Gasteiger partial charge in [0.05, 0.1) is 0 Å². The first-order chi connectivity index (χ1) is 72.7. The lowest BCUT2D eigenvalue weighted by Gasteiger charge is -2.12. The van der Waals surface area contributed by atoms with Gasteiger partial charge in [0.2, 0.25) is 0 Å². The van der Waals surface area contributed by atoms with Crippen LogP contribution in [0, 0.1) is 0 Å². The van der Waals surface area contributed by atoms with Crippen LogP contribution >= 0.6 is 0 Å². The van der Waals surface area contributed by atoms with Gasteiger partial charge in [-0.1, -0.05) is 455 Å². The number of fused-ring (bicyclic) bond motifs is 21. The molecule has 7 heterocycles. The molecule has 758 valence electrons. The molecule has 7 aromatic heterocycles. The minimum Gasteiger partial charge on any atom is -0.340 e. The van der Waals surface area contributed by atoms with E-state index in [1.54, 1.807) is 0 Å². The molecule has 0 spiro atoms. The van der Waals surface area contributed by atoms with E-state index < -0.39 is 0 Å². The summed E-state index contributed by atoms with van der Waals surface area (Å²) >= 11 is 0. The maximum Gasteiger partial charge on any atom is 0.0497 e. The van der Waals surface area contributed by atoms with E-state index in [9.17, 15) is 0 Å². The van der Waals surface area contributed by atoms with Gasteiger partial charge in [-0.05, 0) is 197 Å². The highest BCUT2D eigenvalue weighted by Crippen LogP contribution is 2.47. The molecule has 0 amide bonds. The van der Waals surface area contributed by atoms with Gasteiger partial charge in [0.25, 0.3) is 0 Å². The molecule has 0 atom stereocenters. The van der Waals surface area contributed by atoms with Gasteiger partial charge in [-0.25, -0.2) is 0 Å². The van der Waals surface area contributed by atoms with Crippen molar-refractivity contribution in [3.8, 4) is 66.8 Å². The van der Waals surface area contributed by atoms with Gasteiger partial charge in [0, 0.05) is 198 Å². The summed E-state index contributed by atoms with van der Waals surface area (Å²) in [6.45, 7) is 23.4. The van der Waals surface area contributed by atoms with Gasteiger partial charge in [-0.2, -0.15) is 0 Å². The SMILES string of the molecule is CCCCCCCCn1c2ccccc2c2ccc(-c3ccc4c5ccc(-c6ccc7c8ccc(-c9ccc%10c%11ccc(-c%12ccc%13c%14ccc(-c%15ccc%16c%17ccc(-c%18ccc%19c%20ccccc%20n(CCCCCCCC)c%19c%18)cc%17n(CCCCCCCC)c%16c%15)cc%14n(CCCCCCCC)c%13c%12)cc%11n(CCCCCCCC)c%10c9)cc8n(CCCCCCCC)c7c6)cc5n(CCCCCCCC)c4c3)cc21. The van der Waals surface area contributed by atoms with Gasteiger partial charge < -0.3 is 32.0 Å². The van der Waals surface area contributed by atoms with Gasteiger partial charge >= 0.3 is 0 Å². The number of nitrogens with zero attached hydrogens (tertiary/aromatic N) is 7. The van der Waals surface area contributed by atoms with Crippen LogP contribution < -0.4 is 0 Å². The van der Waals surface area contributed by atoms with E-state index in [-0.39, 0.29) is 0 Å². The summed E-state index contributed by atoms with van der Waals surface area (Å²) in [7, 11) is 0. The molecule has 0 saturated carbocycles. The Morgan fingerprint density at radius 3 is 0.354 bits per heavy atom. The quantitative estimate of drug-likeness (QED) is 0.0341. The molecule has 21 rings (SSSR count). The summed E-state index contributed by atoms with van der Waals surface area (Å²) in [5.74, 6) is 0. The highest BCUT2D eigenvalue weighted by Gasteiger charge is 2.25. The second kappa shape index (κ2) is 47.9. The molecule has 0 aliphatic heterocycles. The van der Waals surface area contributed by atoms with Crippen LogP contribution in [-0.4, -0.2) is 32.0 Å². The average Bonchev–Trinajstić information content (AvgIpc) is 1.58. The summed E-state index contributed by atoms with van der Waals surface area (Å²) in [5, 5.41) is 18.9. The van der Waals surface area contributed by atoms with Crippen molar-refractivity contribution in [2.24, 2.45) is 0 Å². The highest BCUT2D eigenvalue weighted by molar-refractivity contribution is 6.17. The smallest absolute Gasteiger partial charge is 0.0497 e. The van der Waals surface area contributed by atoms with Crippen molar-refractivity contribution >= 4 is 153 Å². The molecule has 0 aliphatic rings. The van der Waals surface area contributed by atoms with Crippen molar-refractivity contribution in [1.82, 2.24) is 32.0 Å². The Balaban J connectivity index is 0.614. The van der Waals surface area contributed by atoms with Crippen LogP contribution in [0.5, 0.6) is 0 Å². The molecule has 0 aliphatic carbocycles. The molecule has 0 N–H and O–H groups in total. The van der Waals surface area contributed by atoms with Crippen molar-refractivity contribution in [3.63, 3.8) is 0 Å². The Hall–Kier alpha value is -12.3. The molecular formula is C140H163N7. The zero-order chi connectivity index (χ0) is 99.9. The lowest BCUT2D eigenvalue weighted by molar-refractivity contribution is 0.571. The predicted octanol–water partition coefficient (Wildman–Crippen LogP) is 43.0. The number of rotatable bonds is 55. The fraction of sp³-hybridized carbons (Fsp3) is 0.400. The van der Waals surface area contributed by atoms with Gasteiger partial charge in [-0.15, -0.1) is 0 Å². The number of hydrogen-bond donors (Lipinski definition) is 0. The Bertz CT molecular complexity index is 7630. The Labute approximate surface area is 876 Å². The van der Waals surface area contributed by atoms with E-state index in [2.05, 4.69) is 347 Å². The van der Waals surface area contributed by atoms with Crippen molar-refractivity contribution in [2.45, 2.75) is 364 Å². The number of benzene rings is 14. The largest absolute Gasteiger partial charge is 0.340 e. The Kier molecular flexibility index (Phi) is 32.8. The van der Waals surface area contributed by atoms with Crippen LogP contribution in [0.2, 0.25) is 0 Å². The van der Waals surface area contributed by atoms with Gasteiger partial charge in [0.15, 0.2) is 0 Å². The van der Waals surface area contributed by atoms with Gasteiger partial charge in [-0.3, -0.25) is 0 Å². The van der Waals surface area contributed by atoms with E-state index in [0.29, 0.717) is 0 Å². The molecule has 0 bridgehead atoms. The second-order valence-electron chi connectivity index (χ2n) is 44.3. The van der Waals surface area contributed by atoms with Crippen LogP contribution in [0.4, 0.5) is 0 Å². The van der Waals surface area contributed by atoms with Crippen LogP contribution in [0.1, 0.15) is 318 Å². The molecule has 147 heavy (non-hydrogen) atoms. The lowest BCUT2D eigenvalue weighted by atomic mass is 9.99. The number of aryl methyl sites for hydroxylation is 7. The van der Waals surface area contributed by atoms with Crippen LogP contribution in [0.3, 0.4) is 0 Å². The number of hydrogen-bond acceptors (Lipinski definition) is 0. The maximum atomic E-state index is 2.73. The zero-order valence-corrected chi connectivity index (χ0v) is 90.2. The van der Waals surface area contributed by atoms with Crippen molar-refractivity contribution in [2.75, 3.05) is 0 Å². The minimum absolute atomic E-state index is 0.986. The molecule has 0 saturated heterocycles. The fourth-order valence-corrected chi connectivity index (χ4v) is 25.8. The molecule has 7 nitrogen and oxygen atoms in total. The highest BCUT2D eigenvalue weighted by atomic mass is 15.0. The number of para-hydroxylation sites is 2. The first-order valence-electron chi connectivity index (χ1n) is 59.1.